The van der Waals surface area contributed by atoms with Gasteiger partial charge in [0.25, 0.3) is 5.91 Å². The van der Waals surface area contributed by atoms with Gasteiger partial charge in [0.2, 0.25) is 0 Å². The average Bonchev–Trinajstić information content (AvgIpc) is 2.37. The molecule has 19 heavy (non-hydrogen) atoms. The second-order valence-corrected chi connectivity index (χ2v) is 4.27. The first-order valence-corrected chi connectivity index (χ1v) is 6.06. The van der Waals surface area contributed by atoms with Crippen LogP contribution in [0.15, 0.2) is 24.3 Å². The molecular formula is C13H17F3N2O. The number of benzene rings is 1. The number of rotatable bonds is 5. The summed E-state index contributed by atoms with van der Waals surface area (Å²) in [7, 11) is 0. The van der Waals surface area contributed by atoms with Gasteiger partial charge in [0.05, 0.1) is 5.56 Å². The van der Waals surface area contributed by atoms with E-state index >= 15 is 0 Å². The first-order chi connectivity index (χ1) is 8.88. The molecule has 0 heterocycles. The van der Waals surface area contributed by atoms with Crippen molar-refractivity contribution in [3.8, 4) is 0 Å². The SMILES string of the molecule is CCCC(CN)NC(=O)c1ccc(C(F)(F)F)cc1. The zero-order chi connectivity index (χ0) is 14.5. The van der Waals surface area contributed by atoms with Gasteiger partial charge in [-0.3, -0.25) is 4.79 Å². The quantitative estimate of drug-likeness (QED) is 0.867. The highest BCUT2D eigenvalue weighted by atomic mass is 19.4. The number of hydrogen-bond donors (Lipinski definition) is 2. The Kier molecular flexibility index (Phi) is 5.35. The van der Waals surface area contributed by atoms with E-state index in [1.54, 1.807) is 0 Å². The highest BCUT2D eigenvalue weighted by Gasteiger charge is 2.30. The number of amides is 1. The molecule has 0 aromatic heterocycles. The molecule has 0 saturated heterocycles. The molecule has 0 radical (unpaired) electrons. The molecule has 0 saturated carbocycles. The molecule has 3 N–H and O–H groups in total. The summed E-state index contributed by atoms with van der Waals surface area (Å²) < 4.78 is 37.1. The van der Waals surface area contributed by atoms with Gasteiger partial charge < -0.3 is 11.1 Å². The number of nitrogens with two attached hydrogens (primary N) is 1. The Labute approximate surface area is 110 Å². The van der Waals surface area contributed by atoms with Crippen LogP contribution in [0, 0.1) is 0 Å². The molecule has 106 valence electrons. The van der Waals surface area contributed by atoms with Crippen molar-refractivity contribution in [2.24, 2.45) is 5.73 Å². The van der Waals surface area contributed by atoms with Crippen LogP contribution in [0.5, 0.6) is 0 Å². The van der Waals surface area contributed by atoms with Gasteiger partial charge in [-0.2, -0.15) is 13.2 Å². The maximum atomic E-state index is 12.4. The molecule has 1 atom stereocenters. The molecule has 0 aliphatic carbocycles. The Bertz CT molecular complexity index is 415. The van der Waals surface area contributed by atoms with E-state index in [4.69, 9.17) is 5.73 Å². The van der Waals surface area contributed by atoms with Crippen molar-refractivity contribution in [3.63, 3.8) is 0 Å². The summed E-state index contributed by atoms with van der Waals surface area (Å²) in [5.74, 6) is -0.405. The van der Waals surface area contributed by atoms with Gasteiger partial charge in [0.1, 0.15) is 0 Å². The van der Waals surface area contributed by atoms with Crippen LogP contribution in [0.25, 0.3) is 0 Å². The molecule has 1 unspecified atom stereocenters. The first-order valence-electron chi connectivity index (χ1n) is 6.06. The van der Waals surface area contributed by atoms with Crippen molar-refractivity contribution in [1.29, 1.82) is 0 Å². The summed E-state index contributed by atoms with van der Waals surface area (Å²) in [5, 5.41) is 2.70. The average molecular weight is 274 g/mol. The largest absolute Gasteiger partial charge is 0.416 e. The van der Waals surface area contributed by atoms with Crippen LogP contribution in [-0.2, 0) is 6.18 Å². The van der Waals surface area contributed by atoms with Crippen molar-refractivity contribution < 1.29 is 18.0 Å². The minimum absolute atomic E-state index is 0.153. The standard InChI is InChI=1S/C13H17F3N2O/c1-2-3-11(8-17)18-12(19)9-4-6-10(7-5-9)13(14,15)16/h4-7,11H,2-3,8,17H2,1H3,(H,18,19). The van der Waals surface area contributed by atoms with E-state index < -0.39 is 17.6 Å². The lowest BCUT2D eigenvalue weighted by Crippen LogP contribution is -2.40. The number of carbonyl (C=O) groups is 1. The first kappa shape index (κ1) is 15.5. The molecule has 1 rings (SSSR count). The highest BCUT2D eigenvalue weighted by molar-refractivity contribution is 5.94. The van der Waals surface area contributed by atoms with Gasteiger partial charge in [-0.1, -0.05) is 13.3 Å². The summed E-state index contributed by atoms with van der Waals surface area (Å²) in [6.07, 6.45) is -2.78. The number of carbonyl (C=O) groups excluding carboxylic acids is 1. The van der Waals surface area contributed by atoms with Crippen LogP contribution in [0.1, 0.15) is 35.7 Å². The van der Waals surface area contributed by atoms with E-state index in [2.05, 4.69) is 5.32 Å². The lowest BCUT2D eigenvalue weighted by molar-refractivity contribution is -0.137. The highest BCUT2D eigenvalue weighted by Crippen LogP contribution is 2.29. The van der Waals surface area contributed by atoms with Gasteiger partial charge in [-0.15, -0.1) is 0 Å². The molecule has 3 nitrogen and oxygen atoms in total. The van der Waals surface area contributed by atoms with Crippen molar-refractivity contribution in [2.45, 2.75) is 32.0 Å². The normalized spacial score (nSPS) is 13.1. The lowest BCUT2D eigenvalue weighted by Gasteiger charge is -2.16. The molecular weight excluding hydrogens is 257 g/mol. The fraction of sp³-hybridized carbons (Fsp3) is 0.462. The van der Waals surface area contributed by atoms with Crippen LogP contribution >= 0.6 is 0 Å². The van der Waals surface area contributed by atoms with Crippen molar-refractivity contribution in [1.82, 2.24) is 5.32 Å². The van der Waals surface area contributed by atoms with E-state index in [-0.39, 0.29) is 11.6 Å². The Morgan fingerprint density at radius 3 is 2.32 bits per heavy atom. The van der Waals surface area contributed by atoms with Gasteiger partial charge in [-0.25, -0.2) is 0 Å². The van der Waals surface area contributed by atoms with E-state index in [0.29, 0.717) is 6.54 Å². The predicted molar refractivity (Wildman–Crippen MR) is 66.7 cm³/mol. The second-order valence-electron chi connectivity index (χ2n) is 4.27. The molecule has 0 fully saturated rings. The lowest BCUT2D eigenvalue weighted by atomic mass is 10.1. The smallest absolute Gasteiger partial charge is 0.348 e. The van der Waals surface area contributed by atoms with Crippen molar-refractivity contribution in [2.75, 3.05) is 6.54 Å². The van der Waals surface area contributed by atoms with Crippen LogP contribution in [0.3, 0.4) is 0 Å². The summed E-state index contributed by atoms with van der Waals surface area (Å²) in [6, 6.07) is 3.97. The Balaban J connectivity index is 2.73. The zero-order valence-electron chi connectivity index (χ0n) is 10.6. The minimum Gasteiger partial charge on any atom is -0.348 e. The van der Waals surface area contributed by atoms with Gasteiger partial charge in [-0.05, 0) is 30.7 Å². The van der Waals surface area contributed by atoms with E-state index in [9.17, 15) is 18.0 Å². The Morgan fingerprint density at radius 1 is 1.32 bits per heavy atom. The fourth-order valence-corrected chi connectivity index (χ4v) is 1.68. The van der Waals surface area contributed by atoms with Crippen LogP contribution in [0.2, 0.25) is 0 Å². The number of nitrogens with one attached hydrogen (secondary N) is 1. The van der Waals surface area contributed by atoms with Gasteiger partial charge >= 0.3 is 6.18 Å². The monoisotopic (exact) mass is 274 g/mol. The van der Waals surface area contributed by atoms with Crippen molar-refractivity contribution in [3.05, 3.63) is 35.4 Å². The third-order valence-electron chi connectivity index (χ3n) is 2.73. The van der Waals surface area contributed by atoms with Crippen LogP contribution in [-0.4, -0.2) is 18.5 Å². The molecule has 0 bridgehead atoms. The summed E-state index contributed by atoms with van der Waals surface area (Å²) >= 11 is 0. The predicted octanol–water partition coefficient (Wildman–Crippen LogP) is 2.56. The fourth-order valence-electron chi connectivity index (χ4n) is 1.68. The summed E-state index contributed by atoms with van der Waals surface area (Å²) in [6.45, 7) is 2.27. The number of halogens is 3. The maximum Gasteiger partial charge on any atom is 0.416 e. The maximum absolute atomic E-state index is 12.4. The Morgan fingerprint density at radius 2 is 1.89 bits per heavy atom. The molecule has 0 aliphatic rings. The molecule has 1 aromatic carbocycles. The second kappa shape index (κ2) is 6.56. The molecule has 0 aliphatic heterocycles. The third kappa shape index (κ3) is 4.55. The zero-order valence-corrected chi connectivity index (χ0v) is 10.6. The van der Waals surface area contributed by atoms with Crippen LogP contribution in [0.4, 0.5) is 13.2 Å². The molecule has 0 spiro atoms. The van der Waals surface area contributed by atoms with Gasteiger partial charge in [0, 0.05) is 18.2 Å². The third-order valence-corrected chi connectivity index (χ3v) is 2.73. The van der Waals surface area contributed by atoms with E-state index in [1.165, 1.54) is 0 Å². The topological polar surface area (TPSA) is 55.1 Å². The molecule has 1 amide bonds. The van der Waals surface area contributed by atoms with E-state index in [0.717, 1.165) is 37.1 Å². The number of alkyl halides is 3. The van der Waals surface area contributed by atoms with Gasteiger partial charge in [0.15, 0.2) is 0 Å². The summed E-state index contributed by atoms with van der Waals surface area (Å²) in [5.41, 5.74) is 4.93. The van der Waals surface area contributed by atoms with E-state index in [1.807, 2.05) is 6.92 Å². The van der Waals surface area contributed by atoms with Crippen LogP contribution < -0.4 is 11.1 Å². The molecule has 6 heteroatoms. The van der Waals surface area contributed by atoms with Crippen molar-refractivity contribution >= 4 is 5.91 Å². The number of hydrogen-bond acceptors (Lipinski definition) is 2. The molecule has 1 aromatic rings. The Hall–Kier alpha value is -1.56. The minimum atomic E-state index is -4.39. The summed E-state index contributed by atoms with van der Waals surface area (Å²) in [4.78, 5) is 11.8.